The van der Waals surface area contributed by atoms with Gasteiger partial charge >= 0.3 is 0 Å². The van der Waals surface area contributed by atoms with E-state index in [9.17, 15) is 0 Å². The summed E-state index contributed by atoms with van der Waals surface area (Å²) in [6, 6.07) is 9.95. The van der Waals surface area contributed by atoms with Gasteiger partial charge in [0.1, 0.15) is 0 Å². The third-order valence-electron chi connectivity index (χ3n) is 4.55. The first-order valence-electron chi connectivity index (χ1n) is 7.54. The molecule has 3 atom stereocenters. The molecule has 1 aliphatic carbocycles. The lowest BCUT2D eigenvalue weighted by Gasteiger charge is -2.34. The summed E-state index contributed by atoms with van der Waals surface area (Å²) >= 11 is 0. The lowest BCUT2D eigenvalue weighted by atomic mass is 9.82. The zero-order valence-corrected chi connectivity index (χ0v) is 12.1. The molecule has 0 spiro atoms. The van der Waals surface area contributed by atoms with E-state index in [0.717, 1.165) is 12.0 Å². The Morgan fingerprint density at radius 3 is 2.67 bits per heavy atom. The maximum atomic E-state index is 3.88. The minimum absolute atomic E-state index is 0.475. The van der Waals surface area contributed by atoms with Crippen LogP contribution in [0.15, 0.2) is 24.3 Å². The van der Waals surface area contributed by atoms with Crippen molar-refractivity contribution in [2.75, 3.05) is 0 Å². The van der Waals surface area contributed by atoms with Crippen LogP contribution in [0.3, 0.4) is 0 Å². The lowest BCUT2D eigenvalue weighted by molar-refractivity contribution is 0.240. The smallest absolute Gasteiger partial charge is 0.0297 e. The van der Waals surface area contributed by atoms with Crippen molar-refractivity contribution in [3.8, 4) is 0 Å². The molecule has 0 saturated heterocycles. The molecule has 1 heteroatoms. The minimum Gasteiger partial charge on any atom is -0.307 e. The zero-order chi connectivity index (χ0) is 13.0. The van der Waals surface area contributed by atoms with Crippen LogP contribution in [0, 0.1) is 12.8 Å². The predicted octanol–water partition coefficient (Wildman–Crippen LogP) is 4.61. The van der Waals surface area contributed by atoms with Gasteiger partial charge in [-0.1, -0.05) is 50.5 Å². The lowest BCUT2D eigenvalue weighted by Crippen LogP contribution is -2.39. The van der Waals surface area contributed by atoms with Crippen LogP contribution in [-0.4, -0.2) is 6.04 Å². The van der Waals surface area contributed by atoms with Crippen molar-refractivity contribution in [1.29, 1.82) is 0 Å². The van der Waals surface area contributed by atoms with Crippen LogP contribution in [0.1, 0.15) is 63.1 Å². The quantitative estimate of drug-likeness (QED) is 0.816. The maximum Gasteiger partial charge on any atom is 0.0297 e. The highest BCUT2D eigenvalue weighted by molar-refractivity contribution is 5.28. The molecule has 100 valence electrons. The van der Waals surface area contributed by atoms with E-state index in [1.165, 1.54) is 43.2 Å². The van der Waals surface area contributed by atoms with E-state index in [2.05, 4.69) is 50.4 Å². The fourth-order valence-electron chi connectivity index (χ4n) is 3.40. The molecule has 0 aromatic heterocycles. The summed E-state index contributed by atoms with van der Waals surface area (Å²) in [6.07, 6.45) is 6.91. The SMILES string of the molecule is CCC1CCCCC1N[C@@H](C)c1ccccc1C. The van der Waals surface area contributed by atoms with E-state index in [1.54, 1.807) is 0 Å². The maximum absolute atomic E-state index is 3.88. The van der Waals surface area contributed by atoms with Crippen molar-refractivity contribution < 1.29 is 0 Å². The van der Waals surface area contributed by atoms with Crippen molar-refractivity contribution in [2.45, 2.75) is 65.0 Å². The Balaban J connectivity index is 2.02. The molecule has 18 heavy (non-hydrogen) atoms. The molecule has 1 nitrogen and oxygen atoms in total. The summed E-state index contributed by atoms with van der Waals surface area (Å²) in [7, 11) is 0. The molecule has 0 bridgehead atoms. The molecule has 0 amide bonds. The van der Waals surface area contributed by atoms with Crippen molar-refractivity contribution in [1.82, 2.24) is 5.32 Å². The first-order valence-corrected chi connectivity index (χ1v) is 7.54. The van der Waals surface area contributed by atoms with E-state index in [4.69, 9.17) is 0 Å². The molecule has 0 radical (unpaired) electrons. The van der Waals surface area contributed by atoms with Crippen molar-refractivity contribution in [2.24, 2.45) is 5.92 Å². The number of aryl methyl sites for hydroxylation is 1. The van der Waals surface area contributed by atoms with Crippen LogP contribution in [0.25, 0.3) is 0 Å². The van der Waals surface area contributed by atoms with Gasteiger partial charge < -0.3 is 5.32 Å². The molecular weight excluding hydrogens is 218 g/mol. The zero-order valence-electron chi connectivity index (χ0n) is 12.1. The molecule has 1 aromatic carbocycles. The third-order valence-corrected chi connectivity index (χ3v) is 4.55. The van der Waals surface area contributed by atoms with E-state index < -0.39 is 0 Å². The van der Waals surface area contributed by atoms with Gasteiger partial charge in [-0.15, -0.1) is 0 Å². The second-order valence-corrected chi connectivity index (χ2v) is 5.80. The summed E-state index contributed by atoms with van der Waals surface area (Å²) in [6.45, 7) is 6.86. The van der Waals surface area contributed by atoms with Crippen LogP contribution in [0.4, 0.5) is 0 Å². The highest BCUT2D eigenvalue weighted by atomic mass is 15.0. The molecule has 0 aliphatic heterocycles. The van der Waals surface area contributed by atoms with Crippen LogP contribution in [0.5, 0.6) is 0 Å². The average molecular weight is 245 g/mol. The van der Waals surface area contributed by atoms with Gasteiger partial charge in [0.2, 0.25) is 0 Å². The topological polar surface area (TPSA) is 12.0 Å². The van der Waals surface area contributed by atoms with E-state index >= 15 is 0 Å². The van der Waals surface area contributed by atoms with Crippen LogP contribution in [0.2, 0.25) is 0 Å². The van der Waals surface area contributed by atoms with Gasteiger partial charge in [-0.3, -0.25) is 0 Å². The second-order valence-electron chi connectivity index (χ2n) is 5.80. The van der Waals surface area contributed by atoms with Crippen molar-refractivity contribution in [3.05, 3.63) is 35.4 Å². The minimum atomic E-state index is 0.475. The van der Waals surface area contributed by atoms with Gasteiger partial charge in [0.25, 0.3) is 0 Å². The molecule has 1 fully saturated rings. The van der Waals surface area contributed by atoms with Crippen LogP contribution >= 0.6 is 0 Å². The average Bonchev–Trinajstić information content (AvgIpc) is 2.39. The van der Waals surface area contributed by atoms with E-state index in [0.29, 0.717) is 6.04 Å². The van der Waals surface area contributed by atoms with Crippen LogP contribution in [-0.2, 0) is 0 Å². The fourth-order valence-corrected chi connectivity index (χ4v) is 3.40. The van der Waals surface area contributed by atoms with Crippen molar-refractivity contribution in [3.63, 3.8) is 0 Å². The first-order chi connectivity index (χ1) is 8.72. The number of nitrogens with one attached hydrogen (secondary N) is 1. The predicted molar refractivity (Wildman–Crippen MR) is 78.8 cm³/mol. The molecule has 2 unspecified atom stereocenters. The second kappa shape index (κ2) is 6.38. The Morgan fingerprint density at radius 2 is 1.94 bits per heavy atom. The number of hydrogen-bond donors (Lipinski definition) is 1. The Kier molecular flexibility index (Phi) is 4.82. The van der Waals surface area contributed by atoms with Gasteiger partial charge in [0, 0.05) is 12.1 Å². The molecule has 0 heterocycles. The first kappa shape index (κ1) is 13.6. The third kappa shape index (κ3) is 3.14. The standard InChI is InChI=1S/C17H27N/c1-4-15-10-6-8-12-17(15)18-14(3)16-11-7-5-9-13(16)2/h5,7,9,11,14-15,17-18H,4,6,8,10,12H2,1-3H3/t14-,15?,17?/m0/s1. The molecule has 1 aromatic rings. The summed E-state index contributed by atoms with van der Waals surface area (Å²) in [5.41, 5.74) is 2.86. The van der Waals surface area contributed by atoms with E-state index in [1.807, 2.05) is 0 Å². The number of rotatable bonds is 4. The summed E-state index contributed by atoms with van der Waals surface area (Å²) in [5.74, 6) is 0.880. The van der Waals surface area contributed by atoms with E-state index in [-0.39, 0.29) is 0 Å². The molecular formula is C17H27N. The molecule has 2 rings (SSSR count). The van der Waals surface area contributed by atoms with Gasteiger partial charge in [0.05, 0.1) is 0 Å². The Hall–Kier alpha value is -0.820. The molecule has 1 aliphatic rings. The fraction of sp³-hybridized carbons (Fsp3) is 0.647. The summed E-state index contributed by atoms with van der Waals surface area (Å²) in [4.78, 5) is 0. The Labute approximate surface area is 112 Å². The van der Waals surface area contributed by atoms with Gasteiger partial charge in [-0.05, 0) is 43.7 Å². The highest BCUT2D eigenvalue weighted by Crippen LogP contribution is 2.29. The molecule has 1 N–H and O–H groups in total. The van der Waals surface area contributed by atoms with Gasteiger partial charge in [0.15, 0.2) is 0 Å². The van der Waals surface area contributed by atoms with Crippen molar-refractivity contribution >= 4 is 0 Å². The van der Waals surface area contributed by atoms with Crippen LogP contribution < -0.4 is 5.32 Å². The Bertz CT molecular complexity index is 372. The van der Waals surface area contributed by atoms with Gasteiger partial charge in [-0.25, -0.2) is 0 Å². The largest absolute Gasteiger partial charge is 0.307 e. The number of hydrogen-bond acceptors (Lipinski definition) is 1. The highest BCUT2D eigenvalue weighted by Gasteiger charge is 2.25. The summed E-state index contributed by atoms with van der Waals surface area (Å²) < 4.78 is 0. The Morgan fingerprint density at radius 1 is 1.22 bits per heavy atom. The normalized spacial score (nSPS) is 25.9. The molecule has 1 saturated carbocycles. The monoisotopic (exact) mass is 245 g/mol. The van der Waals surface area contributed by atoms with Gasteiger partial charge in [-0.2, -0.15) is 0 Å². The summed E-state index contributed by atoms with van der Waals surface area (Å²) in [5, 5.41) is 3.88. The number of benzene rings is 1.